The van der Waals surface area contributed by atoms with Crippen LogP contribution in [0, 0.1) is 0 Å². The highest BCUT2D eigenvalue weighted by atomic mass is 16.4. The van der Waals surface area contributed by atoms with E-state index in [4.69, 9.17) is 45.9 Å². The van der Waals surface area contributed by atoms with Crippen molar-refractivity contribution >= 4 is 179 Å². The number of hydrogen-bond donors (Lipinski definition) is 0. The third-order valence-corrected chi connectivity index (χ3v) is 25.6. The lowest BCUT2D eigenvalue weighted by atomic mass is 9.35. The van der Waals surface area contributed by atoms with Crippen molar-refractivity contribution in [1.29, 1.82) is 0 Å². The fraction of sp³-hybridized carbons (Fsp3) is 0. The molecule has 25 aromatic rings. The molecule has 0 saturated heterocycles. The molecule has 125 heavy (non-hydrogen) atoms. The van der Waals surface area contributed by atoms with Gasteiger partial charge >= 0.3 is 0 Å². The molecule has 0 radical (unpaired) electrons. The molecule has 14 heteroatoms. The van der Waals surface area contributed by atoms with Crippen molar-refractivity contribution in [3.63, 3.8) is 0 Å². The van der Waals surface area contributed by atoms with Crippen molar-refractivity contribution in [1.82, 2.24) is 19.5 Å². The maximum absolute atomic E-state index is 6.69. The summed E-state index contributed by atoms with van der Waals surface area (Å²) in [5, 5.41) is 11.3. The molecule has 28 rings (SSSR count). The van der Waals surface area contributed by atoms with E-state index in [0.717, 1.165) is 200 Å². The number of aromatic nitrogens is 4. The molecule has 0 N–H and O–H groups in total. The molecule has 12 heterocycles. The molecule has 0 saturated carbocycles. The van der Waals surface area contributed by atoms with Crippen molar-refractivity contribution < 1.29 is 30.9 Å². The first kappa shape index (κ1) is 70.4. The predicted molar refractivity (Wildman–Crippen MR) is 510 cm³/mol. The summed E-state index contributed by atoms with van der Waals surface area (Å²) < 4.78 is 49.0. The van der Waals surface area contributed by atoms with Gasteiger partial charge in [0.15, 0.2) is 11.6 Å². The van der Waals surface area contributed by atoms with Gasteiger partial charge in [-0.05, 0) is 105 Å². The zero-order chi connectivity index (χ0) is 81.9. The minimum atomic E-state index is -0.391. The van der Waals surface area contributed by atoms with E-state index in [1.165, 1.54) is 38.2 Å². The molecule has 0 unspecified atom stereocenters. The Morgan fingerprint density at radius 2 is 0.480 bits per heavy atom. The van der Waals surface area contributed by atoms with E-state index in [1.54, 1.807) is 0 Å². The average molecular weight is 1600 g/mol. The fourth-order valence-electron chi connectivity index (χ4n) is 20.3. The number of benzene rings is 16. The lowest BCUT2D eigenvalue weighted by molar-refractivity contribution is 0.627. The minimum absolute atomic E-state index is 0.0908. The van der Waals surface area contributed by atoms with Gasteiger partial charge in [0.1, 0.15) is 84.9 Å². The Hall–Kier alpha value is -16.4. The Bertz CT molecular complexity index is 8270. The molecule has 0 spiro atoms. The molecule has 0 amide bonds. The minimum Gasteiger partial charge on any atom is -0.457 e. The van der Waals surface area contributed by atoms with E-state index in [9.17, 15) is 0 Å². The number of para-hydroxylation sites is 10. The van der Waals surface area contributed by atoms with Crippen LogP contribution in [-0.2, 0) is 0 Å². The van der Waals surface area contributed by atoms with E-state index in [2.05, 4.69) is 265 Å². The Morgan fingerprint density at radius 1 is 0.200 bits per heavy atom. The van der Waals surface area contributed by atoms with Crippen LogP contribution in [0.15, 0.2) is 425 Å². The Labute approximate surface area is 715 Å². The number of furan rings is 7. The van der Waals surface area contributed by atoms with Crippen LogP contribution in [0.5, 0.6) is 0 Å². The molecule has 16 aromatic carbocycles. The summed E-state index contributed by atoms with van der Waals surface area (Å²) in [5.41, 5.74) is 28.2. The maximum Gasteiger partial charge on any atom is 0.300 e. The number of nitrogens with zero attached hydrogens (tertiary/aromatic N) is 4. The highest BCUT2D eigenvalue weighted by Crippen LogP contribution is 2.45. The molecule has 0 bridgehead atoms. The summed E-state index contributed by atoms with van der Waals surface area (Å²) in [5.74, 6) is 6.44. The number of rotatable bonds is 6. The third kappa shape index (κ3) is 10.9. The third-order valence-electron chi connectivity index (χ3n) is 25.6. The summed E-state index contributed by atoms with van der Waals surface area (Å²) in [4.78, 5) is 15.4. The van der Waals surface area contributed by atoms with Crippen LogP contribution in [0.1, 0.15) is 0 Å². The summed E-state index contributed by atoms with van der Waals surface area (Å²) in [7, 11) is 0. The molecule has 11 nitrogen and oxygen atoms in total. The monoisotopic (exact) mass is 1600 g/mol. The normalized spacial score (nSPS) is 12.4. The van der Waals surface area contributed by atoms with Gasteiger partial charge in [-0.3, -0.25) is 0 Å². The van der Waals surface area contributed by atoms with Gasteiger partial charge in [0.25, 0.3) is 20.1 Å². The van der Waals surface area contributed by atoms with E-state index in [1.807, 2.05) is 133 Å². The maximum atomic E-state index is 6.69. The van der Waals surface area contributed by atoms with Crippen LogP contribution in [0.4, 0.5) is 0 Å². The van der Waals surface area contributed by atoms with Gasteiger partial charge in [-0.2, -0.15) is 0 Å². The van der Waals surface area contributed by atoms with Gasteiger partial charge in [-0.15, -0.1) is 0 Å². The predicted octanol–water partition coefficient (Wildman–Crippen LogP) is 22.5. The molecule has 3 aliphatic heterocycles. The zero-order valence-corrected chi connectivity index (χ0v) is 66.9. The highest BCUT2D eigenvalue weighted by Gasteiger charge is 2.45. The topological polar surface area (TPSA) is 136 Å². The summed E-state index contributed by atoms with van der Waals surface area (Å²) in [6.45, 7) is -0.645. The van der Waals surface area contributed by atoms with Gasteiger partial charge in [-0.1, -0.05) is 333 Å². The molecular weight excluding hydrogens is 1530 g/mol. The molecule has 0 fully saturated rings. The lowest BCUT2D eigenvalue weighted by Crippen LogP contribution is -2.55. The smallest absolute Gasteiger partial charge is 0.300 e. The molecule has 0 aliphatic carbocycles. The van der Waals surface area contributed by atoms with Crippen molar-refractivity contribution in [3.8, 4) is 96.4 Å². The van der Waals surface area contributed by atoms with Crippen LogP contribution in [0.3, 0.4) is 0 Å². The SMILES string of the molecule is c1ccc(-c2nc(B3c4c(oc5ccccc45)-c4ccccc4-c4oc5ccccc5c43)nc(-c3ccccc3)n2)cc1.c1ccc2c(c1)-c1oc3ccccc3c1B(c1ccc(-n3c4ccccc4c4ccccc43)cc1)c1c-2oc2ccccc12.c1ccc2c(c1)-c1oc3ccccc3c1B(c1cccc3c1oc1ccccc13)c1c-2oc2ccccc12. The average Bonchev–Trinajstić information content (AvgIpc) is 1.62. The van der Waals surface area contributed by atoms with Crippen LogP contribution in [-0.4, -0.2) is 39.7 Å². The molecule has 0 atom stereocenters. The van der Waals surface area contributed by atoms with E-state index in [0.29, 0.717) is 17.4 Å². The van der Waals surface area contributed by atoms with Crippen molar-refractivity contribution in [2.24, 2.45) is 0 Å². The van der Waals surface area contributed by atoms with E-state index < -0.39 is 6.71 Å². The van der Waals surface area contributed by atoms with Crippen molar-refractivity contribution in [2.45, 2.75) is 0 Å². The van der Waals surface area contributed by atoms with Crippen LogP contribution < -0.4 is 49.4 Å². The molecule has 3 aliphatic rings. The van der Waals surface area contributed by atoms with Gasteiger partial charge in [-0.25, -0.2) is 15.0 Å². The zero-order valence-electron chi connectivity index (χ0n) is 66.9. The summed E-state index contributed by atoms with van der Waals surface area (Å²) in [6.07, 6.45) is 0. The Morgan fingerprint density at radius 3 is 0.840 bits per heavy atom. The summed E-state index contributed by atoms with van der Waals surface area (Å²) in [6, 6.07) is 136. The van der Waals surface area contributed by atoms with Crippen LogP contribution in [0.25, 0.3) is 206 Å². The Balaban J connectivity index is 0.000000100. The first-order valence-electron chi connectivity index (χ1n) is 42.3. The lowest BCUT2D eigenvalue weighted by Gasteiger charge is -2.16. The second kappa shape index (κ2) is 28.1. The van der Waals surface area contributed by atoms with E-state index >= 15 is 0 Å². The summed E-state index contributed by atoms with van der Waals surface area (Å²) >= 11 is 0. The molecule has 9 aromatic heterocycles. The van der Waals surface area contributed by atoms with Gasteiger partial charge in [0.05, 0.1) is 11.0 Å². The van der Waals surface area contributed by atoms with Gasteiger partial charge in [0, 0.05) is 104 Å². The van der Waals surface area contributed by atoms with Crippen molar-refractivity contribution in [2.75, 3.05) is 0 Å². The largest absolute Gasteiger partial charge is 0.457 e. The molecule has 580 valence electrons. The second-order valence-corrected chi connectivity index (χ2v) is 32.3. The van der Waals surface area contributed by atoms with Gasteiger partial charge in [0.2, 0.25) is 0 Å². The van der Waals surface area contributed by atoms with Crippen LogP contribution >= 0.6 is 0 Å². The standard InChI is InChI=1S/C40H24BNO2.C37H22BN3O2.C34H19BO3/c1-2-14-30-29(13-1)39-37(31-15-5-9-19-35(31)43-39)41(38-32-16-6-10-20-36(32)44-40(30)38)25-21-23-26(24-22-25)42-33-17-7-3-11-27(33)28-12-4-8-18-34(28)42;1-3-13-23(14-4-1)35-39-36(24-15-5-2-6-16-24)41-37(40-35)38-31-27-19-9-11-21-29(27)42-33(31)25-17-7-8-18-26(25)34-32(38)28-20-10-12-22-30(28)43-34;1-2-12-23-22(11-1)33-30(24-13-4-7-18-28(24)37-33)35(31-25-14-5-8-19-29(25)38-34(23)31)26-16-9-15-21-20-10-3-6-17-27(20)36-32(21)26/h1-24H;1-22H;1-19H. The van der Waals surface area contributed by atoms with Gasteiger partial charge < -0.3 is 35.5 Å². The second-order valence-electron chi connectivity index (χ2n) is 32.3. The highest BCUT2D eigenvalue weighted by molar-refractivity contribution is 7.02. The number of fused-ring (bicyclic) bond motifs is 33. The molecular formula is C111H65B3N4O7. The fourth-order valence-corrected chi connectivity index (χ4v) is 20.3. The van der Waals surface area contributed by atoms with Crippen LogP contribution in [0.2, 0.25) is 0 Å². The number of hydrogen-bond acceptors (Lipinski definition) is 10. The quantitative estimate of drug-likeness (QED) is 0.148. The van der Waals surface area contributed by atoms with E-state index in [-0.39, 0.29) is 13.4 Å². The Kier molecular flexibility index (Phi) is 15.8. The first-order valence-corrected chi connectivity index (χ1v) is 42.3. The van der Waals surface area contributed by atoms with Crippen molar-refractivity contribution in [3.05, 3.63) is 394 Å². The first-order chi connectivity index (χ1) is 62.0.